The van der Waals surface area contributed by atoms with Crippen LogP contribution in [0, 0.1) is 10.1 Å². The summed E-state index contributed by atoms with van der Waals surface area (Å²) < 4.78 is 5.57. The van der Waals surface area contributed by atoms with Gasteiger partial charge in [0.2, 0.25) is 0 Å². The van der Waals surface area contributed by atoms with E-state index in [1.807, 2.05) is 0 Å². The standard InChI is InChI=1S/C19H12ClN3O6/c20-16-9-11(4-6-15(16)19(25)26)17-7-5-14(29-17)10-21-22-18(24)12-2-1-3-13(8-12)23(27)28/h1-10H,(H,22,24)(H,25,26). The molecule has 9 nitrogen and oxygen atoms in total. The largest absolute Gasteiger partial charge is 0.478 e. The number of halogens is 1. The van der Waals surface area contributed by atoms with Gasteiger partial charge in [0.1, 0.15) is 11.5 Å². The molecule has 10 heteroatoms. The molecule has 2 aromatic carbocycles. The van der Waals surface area contributed by atoms with Crippen molar-refractivity contribution in [2.45, 2.75) is 0 Å². The summed E-state index contributed by atoms with van der Waals surface area (Å²) >= 11 is 5.95. The van der Waals surface area contributed by atoms with Gasteiger partial charge in [0.05, 0.1) is 21.7 Å². The number of hydrogen-bond donors (Lipinski definition) is 2. The fraction of sp³-hybridized carbons (Fsp3) is 0. The van der Waals surface area contributed by atoms with Crippen molar-refractivity contribution in [1.82, 2.24) is 5.43 Å². The summed E-state index contributed by atoms with van der Waals surface area (Å²) in [7, 11) is 0. The number of furan rings is 1. The SMILES string of the molecule is O=C(NN=Cc1ccc(-c2ccc(C(=O)O)c(Cl)c2)o1)c1cccc([N+](=O)[O-])c1. The van der Waals surface area contributed by atoms with Gasteiger partial charge in [-0.2, -0.15) is 5.10 Å². The Balaban J connectivity index is 1.68. The van der Waals surface area contributed by atoms with E-state index in [0.717, 1.165) is 6.07 Å². The number of carbonyl (C=O) groups excluding carboxylic acids is 1. The molecule has 0 atom stereocenters. The van der Waals surface area contributed by atoms with E-state index in [1.165, 1.54) is 36.5 Å². The molecule has 146 valence electrons. The summed E-state index contributed by atoms with van der Waals surface area (Å²) in [5.74, 6) is -1.01. The molecule has 0 fully saturated rings. The van der Waals surface area contributed by atoms with Gasteiger partial charge in [0.25, 0.3) is 11.6 Å². The highest BCUT2D eigenvalue weighted by molar-refractivity contribution is 6.33. The Labute approximate surface area is 168 Å². The number of amides is 1. The van der Waals surface area contributed by atoms with Crippen molar-refractivity contribution >= 4 is 35.4 Å². The molecule has 1 amide bonds. The summed E-state index contributed by atoms with van der Waals surface area (Å²) in [4.78, 5) is 33.2. The molecule has 0 saturated heterocycles. The average Bonchev–Trinajstić information content (AvgIpc) is 3.16. The number of non-ortho nitro benzene ring substituents is 1. The first-order chi connectivity index (χ1) is 13.8. The van der Waals surface area contributed by atoms with Crippen LogP contribution >= 0.6 is 11.6 Å². The number of carboxylic acid groups (broad SMARTS) is 1. The number of nitro benzene ring substituents is 1. The molecule has 29 heavy (non-hydrogen) atoms. The Morgan fingerprint density at radius 2 is 1.97 bits per heavy atom. The summed E-state index contributed by atoms with van der Waals surface area (Å²) in [6.45, 7) is 0. The minimum atomic E-state index is -1.13. The zero-order chi connectivity index (χ0) is 21.0. The molecule has 0 bridgehead atoms. The quantitative estimate of drug-likeness (QED) is 0.356. The lowest BCUT2D eigenvalue weighted by atomic mass is 10.1. The van der Waals surface area contributed by atoms with Crippen molar-refractivity contribution in [3.63, 3.8) is 0 Å². The molecule has 0 unspecified atom stereocenters. The van der Waals surface area contributed by atoms with Crippen LogP contribution in [0.5, 0.6) is 0 Å². The minimum Gasteiger partial charge on any atom is -0.478 e. The molecule has 1 aromatic heterocycles. The van der Waals surface area contributed by atoms with E-state index in [-0.39, 0.29) is 21.8 Å². The number of aromatic carboxylic acids is 1. The van der Waals surface area contributed by atoms with E-state index in [4.69, 9.17) is 21.1 Å². The molecule has 0 aliphatic rings. The number of carbonyl (C=O) groups is 2. The molecular weight excluding hydrogens is 402 g/mol. The number of hydrazone groups is 1. The highest BCUT2D eigenvalue weighted by Crippen LogP contribution is 2.27. The van der Waals surface area contributed by atoms with Crippen LogP contribution in [0.25, 0.3) is 11.3 Å². The Morgan fingerprint density at radius 1 is 1.17 bits per heavy atom. The fourth-order valence-corrected chi connectivity index (χ4v) is 2.66. The van der Waals surface area contributed by atoms with Gasteiger partial charge in [-0.15, -0.1) is 0 Å². The molecule has 3 aromatic rings. The van der Waals surface area contributed by atoms with Crippen molar-refractivity contribution in [2.75, 3.05) is 0 Å². The third-order valence-corrected chi connectivity index (χ3v) is 4.10. The Kier molecular flexibility index (Phi) is 5.70. The van der Waals surface area contributed by atoms with Crippen LogP contribution in [0.4, 0.5) is 5.69 Å². The fourth-order valence-electron chi connectivity index (χ4n) is 2.40. The third kappa shape index (κ3) is 4.66. The van der Waals surface area contributed by atoms with Crippen molar-refractivity contribution in [3.05, 3.63) is 86.6 Å². The Hall–Kier alpha value is -3.98. The van der Waals surface area contributed by atoms with Crippen LogP contribution in [-0.2, 0) is 0 Å². The predicted molar refractivity (Wildman–Crippen MR) is 104 cm³/mol. The number of carboxylic acids is 1. The highest BCUT2D eigenvalue weighted by atomic mass is 35.5. The summed E-state index contributed by atoms with van der Waals surface area (Å²) in [5.41, 5.74) is 2.69. The van der Waals surface area contributed by atoms with Gasteiger partial charge < -0.3 is 9.52 Å². The van der Waals surface area contributed by atoms with Crippen LogP contribution in [0.2, 0.25) is 5.02 Å². The number of rotatable bonds is 6. The summed E-state index contributed by atoms with van der Waals surface area (Å²) in [6.07, 6.45) is 1.26. The zero-order valence-corrected chi connectivity index (χ0v) is 15.3. The zero-order valence-electron chi connectivity index (χ0n) is 14.5. The first kappa shape index (κ1) is 19.8. The van der Waals surface area contributed by atoms with E-state index in [0.29, 0.717) is 17.1 Å². The van der Waals surface area contributed by atoms with Gasteiger partial charge in [-0.05, 0) is 30.3 Å². The van der Waals surface area contributed by atoms with Crippen LogP contribution < -0.4 is 5.43 Å². The highest BCUT2D eigenvalue weighted by Gasteiger charge is 2.12. The Morgan fingerprint density at radius 3 is 2.66 bits per heavy atom. The van der Waals surface area contributed by atoms with Crippen molar-refractivity contribution < 1.29 is 24.0 Å². The van der Waals surface area contributed by atoms with E-state index in [1.54, 1.807) is 18.2 Å². The van der Waals surface area contributed by atoms with Gasteiger partial charge in [-0.25, -0.2) is 10.2 Å². The molecule has 0 saturated carbocycles. The first-order valence-electron chi connectivity index (χ1n) is 8.06. The Bertz CT molecular complexity index is 1140. The molecule has 0 radical (unpaired) electrons. The van der Waals surface area contributed by atoms with Crippen molar-refractivity contribution in [3.8, 4) is 11.3 Å². The lowest BCUT2D eigenvalue weighted by Gasteiger charge is -2.01. The monoisotopic (exact) mass is 413 g/mol. The average molecular weight is 414 g/mol. The van der Waals surface area contributed by atoms with Gasteiger partial charge in [-0.3, -0.25) is 14.9 Å². The smallest absolute Gasteiger partial charge is 0.337 e. The maximum Gasteiger partial charge on any atom is 0.337 e. The topological polar surface area (TPSA) is 135 Å². The summed E-state index contributed by atoms with van der Waals surface area (Å²) in [5, 5.41) is 23.6. The van der Waals surface area contributed by atoms with Crippen molar-refractivity contribution in [2.24, 2.45) is 5.10 Å². The maximum absolute atomic E-state index is 12.0. The molecular formula is C19H12ClN3O6. The van der Waals surface area contributed by atoms with Crippen LogP contribution in [0.15, 0.2) is 64.1 Å². The van der Waals surface area contributed by atoms with Gasteiger partial charge in [-0.1, -0.05) is 23.7 Å². The van der Waals surface area contributed by atoms with Gasteiger partial charge in [0, 0.05) is 23.3 Å². The molecule has 1 heterocycles. The van der Waals surface area contributed by atoms with E-state index >= 15 is 0 Å². The summed E-state index contributed by atoms with van der Waals surface area (Å²) in [6, 6.07) is 12.9. The molecule has 0 aliphatic heterocycles. The second-order valence-electron chi connectivity index (χ2n) is 5.71. The normalized spacial score (nSPS) is 10.8. The number of nitrogens with zero attached hydrogens (tertiary/aromatic N) is 2. The van der Waals surface area contributed by atoms with E-state index < -0.39 is 16.8 Å². The lowest BCUT2D eigenvalue weighted by Crippen LogP contribution is -2.17. The first-order valence-corrected chi connectivity index (χ1v) is 8.44. The third-order valence-electron chi connectivity index (χ3n) is 3.79. The number of nitro groups is 1. The molecule has 0 aliphatic carbocycles. The predicted octanol–water partition coefficient (Wildman–Crippen LogP) is 3.97. The van der Waals surface area contributed by atoms with Gasteiger partial charge in [0.15, 0.2) is 0 Å². The van der Waals surface area contributed by atoms with Crippen LogP contribution in [0.1, 0.15) is 26.5 Å². The number of benzene rings is 2. The van der Waals surface area contributed by atoms with Gasteiger partial charge >= 0.3 is 5.97 Å². The second kappa shape index (κ2) is 8.36. The number of hydrogen-bond acceptors (Lipinski definition) is 6. The second-order valence-corrected chi connectivity index (χ2v) is 6.12. The molecule has 3 rings (SSSR count). The minimum absolute atomic E-state index is 0.0207. The van der Waals surface area contributed by atoms with E-state index in [9.17, 15) is 19.7 Å². The molecule has 2 N–H and O–H groups in total. The lowest BCUT2D eigenvalue weighted by molar-refractivity contribution is -0.384. The maximum atomic E-state index is 12.0. The van der Waals surface area contributed by atoms with Crippen LogP contribution in [0.3, 0.4) is 0 Å². The van der Waals surface area contributed by atoms with Crippen LogP contribution in [-0.4, -0.2) is 28.1 Å². The van der Waals surface area contributed by atoms with E-state index in [2.05, 4.69) is 10.5 Å². The number of nitrogens with one attached hydrogen (secondary N) is 1. The van der Waals surface area contributed by atoms with Crippen molar-refractivity contribution in [1.29, 1.82) is 0 Å². The molecule has 0 spiro atoms.